The standard InChI is InChI=1S/C22H18N2O2S2/c1-14-9-10-16(12-15(14)2)24-21(26)17-6-3-4-7-18(17)23-22(24)28-13-19(25)20-8-5-11-27-20/h3-12H,13H2,1-2H3. The number of rotatable bonds is 5. The fourth-order valence-electron chi connectivity index (χ4n) is 2.94. The van der Waals surface area contributed by atoms with Gasteiger partial charge in [0.25, 0.3) is 5.56 Å². The van der Waals surface area contributed by atoms with Gasteiger partial charge in [-0.1, -0.05) is 36.0 Å². The largest absolute Gasteiger partial charge is 0.292 e. The summed E-state index contributed by atoms with van der Waals surface area (Å²) < 4.78 is 1.61. The van der Waals surface area contributed by atoms with Gasteiger partial charge in [-0.2, -0.15) is 0 Å². The molecule has 4 rings (SSSR count). The van der Waals surface area contributed by atoms with Crippen molar-refractivity contribution in [3.63, 3.8) is 0 Å². The number of carbonyl (C=O) groups is 1. The monoisotopic (exact) mass is 406 g/mol. The Balaban J connectivity index is 1.82. The maximum atomic E-state index is 13.2. The topological polar surface area (TPSA) is 52.0 Å². The molecule has 0 saturated carbocycles. The molecule has 2 aromatic heterocycles. The van der Waals surface area contributed by atoms with E-state index in [1.54, 1.807) is 10.6 Å². The van der Waals surface area contributed by atoms with Crippen LogP contribution in [0.1, 0.15) is 20.8 Å². The van der Waals surface area contributed by atoms with Crippen molar-refractivity contribution in [1.29, 1.82) is 0 Å². The lowest BCUT2D eigenvalue weighted by molar-refractivity contribution is 0.102. The van der Waals surface area contributed by atoms with Gasteiger partial charge in [0.15, 0.2) is 10.9 Å². The van der Waals surface area contributed by atoms with Gasteiger partial charge in [0, 0.05) is 0 Å². The van der Waals surface area contributed by atoms with Crippen molar-refractivity contribution in [3.05, 3.63) is 86.3 Å². The number of aryl methyl sites for hydroxylation is 2. The molecule has 0 aliphatic carbocycles. The van der Waals surface area contributed by atoms with E-state index in [9.17, 15) is 9.59 Å². The van der Waals surface area contributed by atoms with E-state index >= 15 is 0 Å². The Bertz CT molecular complexity index is 1230. The number of carbonyl (C=O) groups excluding carboxylic acids is 1. The van der Waals surface area contributed by atoms with E-state index in [1.807, 2.05) is 67.8 Å². The molecular weight excluding hydrogens is 388 g/mol. The quantitative estimate of drug-likeness (QED) is 0.265. The summed E-state index contributed by atoms with van der Waals surface area (Å²) in [5, 5.41) is 2.98. The van der Waals surface area contributed by atoms with Gasteiger partial charge < -0.3 is 0 Å². The van der Waals surface area contributed by atoms with Crippen LogP contribution in [-0.4, -0.2) is 21.1 Å². The van der Waals surface area contributed by atoms with E-state index in [4.69, 9.17) is 4.98 Å². The van der Waals surface area contributed by atoms with Gasteiger partial charge in [-0.25, -0.2) is 4.98 Å². The summed E-state index contributed by atoms with van der Waals surface area (Å²) in [6, 6.07) is 16.9. The van der Waals surface area contributed by atoms with Crippen molar-refractivity contribution in [2.24, 2.45) is 0 Å². The molecule has 0 fully saturated rings. The van der Waals surface area contributed by atoms with Crippen molar-refractivity contribution < 1.29 is 4.79 Å². The van der Waals surface area contributed by atoms with Crippen molar-refractivity contribution >= 4 is 39.8 Å². The van der Waals surface area contributed by atoms with Crippen LogP contribution in [-0.2, 0) is 0 Å². The van der Waals surface area contributed by atoms with Crippen molar-refractivity contribution in [3.8, 4) is 5.69 Å². The number of nitrogens with zero attached hydrogens (tertiary/aromatic N) is 2. The predicted molar refractivity (Wildman–Crippen MR) is 116 cm³/mol. The number of hydrogen-bond donors (Lipinski definition) is 0. The van der Waals surface area contributed by atoms with Crippen LogP contribution in [0.3, 0.4) is 0 Å². The molecule has 0 radical (unpaired) electrons. The molecular formula is C22H18N2O2S2. The number of benzene rings is 2. The number of thioether (sulfide) groups is 1. The number of fused-ring (bicyclic) bond motifs is 1. The van der Waals surface area contributed by atoms with Gasteiger partial charge in [0.2, 0.25) is 0 Å². The fourth-order valence-corrected chi connectivity index (χ4v) is 4.59. The number of hydrogen-bond acceptors (Lipinski definition) is 5. The molecule has 28 heavy (non-hydrogen) atoms. The Hall–Kier alpha value is -2.70. The van der Waals surface area contributed by atoms with Gasteiger partial charge in [0.05, 0.1) is 27.2 Å². The van der Waals surface area contributed by atoms with Crippen molar-refractivity contribution in [1.82, 2.24) is 9.55 Å². The Morgan fingerprint density at radius 2 is 1.89 bits per heavy atom. The SMILES string of the molecule is Cc1ccc(-n2c(SCC(=O)c3cccs3)nc3ccccc3c2=O)cc1C. The van der Waals surface area contributed by atoms with E-state index in [-0.39, 0.29) is 17.1 Å². The lowest BCUT2D eigenvalue weighted by Gasteiger charge is -2.14. The Labute approximate surface area is 170 Å². The molecule has 4 aromatic rings. The molecule has 0 saturated heterocycles. The summed E-state index contributed by atoms with van der Waals surface area (Å²) in [6.07, 6.45) is 0. The minimum Gasteiger partial charge on any atom is -0.292 e. The first-order valence-electron chi connectivity index (χ1n) is 8.83. The van der Waals surface area contributed by atoms with Crippen LogP contribution in [0.4, 0.5) is 0 Å². The summed E-state index contributed by atoms with van der Waals surface area (Å²) in [5.41, 5.74) is 3.53. The van der Waals surface area contributed by atoms with E-state index < -0.39 is 0 Å². The van der Waals surface area contributed by atoms with Crippen LogP contribution in [0.2, 0.25) is 0 Å². The third kappa shape index (κ3) is 3.53. The Morgan fingerprint density at radius 1 is 1.07 bits per heavy atom. The molecule has 6 heteroatoms. The van der Waals surface area contributed by atoms with Crippen LogP contribution in [0.5, 0.6) is 0 Å². The van der Waals surface area contributed by atoms with Gasteiger partial charge in [-0.3, -0.25) is 14.2 Å². The predicted octanol–water partition coefficient (Wildman–Crippen LogP) is 5.04. The molecule has 0 bridgehead atoms. The minimum atomic E-state index is -0.125. The van der Waals surface area contributed by atoms with Crippen molar-refractivity contribution in [2.75, 3.05) is 5.75 Å². The van der Waals surface area contributed by atoms with E-state index in [1.165, 1.54) is 23.1 Å². The van der Waals surface area contributed by atoms with E-state index in [2.05, 4.69) is 0 Å². The van der Waals surface area contributed by atoms with Crippen LogP contribution >= 0.6 is 23.1 Å². The Kier molecular flexibility index (Phi) is 5.15. The minimum absolute atomic E-state index is 0.0362. The van der Waals surface area contributed by atoms with Crippen LogP contribution in [0.25, 0.3) is 16.6 Å². The summed E-state index contributed by atoms with van der Waals surface area (Å²) in [5.74, 6) is 0.268. The smallest absolute Gasteiger partial charge is 0.266 e. The summed E-state index contributed by atoms with van der Waals surface area (Å²) in [7, 11) is 0. The molecule has 4 nitrogen and oxygen atoms in total. The summed E-state index contributed by atoms with van der Waals surface area (Å²) >= 11 is 2.72. The first-order valence-corrected chi connectivity index (χ1v) is 10.7. The van der Waals surface area contributed by atoms with Gasteiger partial charge >= 0.3 is 0 Å². The number of thiophene rings is 1. The molecule has 2 heterocycles. The maximum Gasteiger partial charge on any atom is 0.266 e. The zero-order valence-electron chi connectivity index (χ0n) is 15.5. The first kappa shape index (κ1) is 18.7. The molecule has 0 atom stereocenters. The second-order valence-electron chi connectivity index (χ2n) is 6.51. The maximum absolute atomic E-state index is 13.2. The second-order valence-corrected chi connectivity index (χ2v) is 8.40. The summed E-state index contributed by atoms with van der Waals surface area (Å²) in [6.45, 7) is 4.06. The zero-order valence-corrected chi connectivity index (χ0v) is 17.1. The Morgan fingerprint density at radius 3 is 2.64 bits per heavy atom. The lowest BCUT2D eigenvalue weighted by Crippen LogP contribution is -2.22. The molecule has 140 valence electrons. The highest BCUT2D eigenvalue weighted by molar-refractivity contribution is 7.99. The number of Topliss-reactive ketones (excluding diaryl/α,β-unsaturated/α-hetero) is 1. The summed E-state index contributed by atoms with van der Waals surface area (Å²) in [4.78, 5) is 31.1. The molecule has 0 spiro atoms. The number of ketones is 1. The normalized spacial score (nSPS) is 11.1. The van der Waals surface area contributed by atoms with Gasteiger partial charge in [0.1, 0.15) is 0 Å². The van der Waals surface area contributed by atoms with Gasteiger partial charge in [-0.05, 0) is 60.7 Å². The van der Waals surface area contributed by atoms with E-state index in [0.29, 0.717) is 20.9 Å². The van der Waals surface area contributed by atoms with Crippen LogP contribution < -0.4 is 5.56 Å². The van der Waals surface area contributed by atoms with Crippen molar-refractivity contribution in [2.45, 2.75) is 19.0 Å². The first-order chi connectivity index (χ1) is 13.5. The average molecular weight is 407 g/mol. The third-order valence-corrected chi connectivity index (χ3v) is 6.47. The highest BCUT2D eigenvalue weighted by Crippen LogP contribution is 2.24. The molecule has 0 amide bonds. The van der Waals surface area contributed by atoms with Crippen LogP contribution in [0, 0.1) is 13.8 Å². The number of para-hydroxylation sites is 1. The molecule has 0 N–H and O–H groups in total. The zero-order chi connectivity index (χ0) is 19.7. The second kappa shape index (κ2) is 7.73. The molecule has 0 unspecified atom stereocenters. The highest BCUT2D eigenvalue weighted by atomic mass is 32.2. The molecule has 0 aliphatic heterocycles. The average Bonchev–Trinajstić information content (AvgIpc) is 3.23. The fraction of sp³-hybridized carbons (Fsp3) is 0.136. The van der Waals surface area contributed by atoms with Crippen LogP contribution in [0.15, 0.2) is 69.9 Å². The van der Waals surface area contributed by atoms with Gasteiger partial charge in [-0.15, -0.1) is 11.3 Å². The lowest BCUT2D eigenvalue weighted by atomic mass is 10.1. The van der Waals surface area contributed by atoms with E-state index in [0.717, 1.165) is 16.8 Å². The molecule has 0 aliphatic rings. The number of aromatic nitrogens is 2. The third-order valence-electron chi connectivity index (χ3n) is 4.62. The highest BCUT2D eigenvalue weighted by Gasteiger charge is 2.16. The molecule has 2 aromatic carbocycles.